The van der Waals surface area contributed by atoms with Gasteiger partial charge in [-0.1, -0.05) is 6.42 Å². The fourth-order valence-corrected chi connectivity index (χ4v) is 2.33. The van der Waals surface area contributed by atoms with E-state index >= 15 is 0 Å². The van der Waals surface area contributed by atoms with Gasteiger partial charge in [0.25, 0.3) is 0 Å². The van der Waals surface area contributed by atoms with Gasteiger partial charge in [0.1, 0.15) is 0 Å². The summed E-state index contributed by atoms with van der Waals surface area (Å²) in [5, 5.41) is 5.23. The van der Waals surface area contributed by atoms with Crippen molar-refractivity contribution in [3.05, 3.63) is 0 Å². The monoisotopic (exact) mass is 447 g/mol. The Hall–Kier alpha value is -0.420. The predicted octanol–water partition coefficient (Wildman–Crippen LogP) is 3.84. The lowest BCUT2D eigenvalue weighted by molar-refractivity contribution is -0.183. The molecule has 0 saturated heterocycles. The molecule has 10 heteroatoms. The molecule has 0 aromatic carbocycles. The molecule has 2 N–H and O–H groups in total. The van der Waals surface area contributed by atoms with Crippen LogP contribution in [0.2, 0.25) is 0 Å². The van der Waals surface area contributed by atoms with Crippen molar-refractivity contribution >= 4 is 29.9 Å². The zero-order chi connectivity index (χ0) is 16.1. The van der Waals surface area contributed by atoms with E-state index in [4.69, 9.17) is 0 Å². The number of nitrogens with zero attached hydrogens (tertiary/aromatic N) is 1. The Morgan fingerprint density at radius 3 is 2.27 bits per heavy atom. The fraction of sp³-hybridized carbons (Fsp3) is 0.917. The molecule has 1 rings (SSSR count). The van der Waals surface area contributed by atoms with Crippen LogP contribution < -0.4 is 10.6 Å². The Labute approximate surface area is 142 Å². The van der Waals surface area contributed by atoms with Crippen molar-refractivity contribution in [1.29, 1.82) is 0 Å². The molecule has 0 bridgehead atoms. The van der Waals surface area contributed by atoms with Crippen LogP contribution in [0.15, 0.2) is 4.99 Å². The van der Waals surface area contributed by atoms with Crippen LogP contribution >= 0.6 is 24.0 Å². The third kappa shape index (κ3) is 8.28. The molecule has 0 aliphatic heterocycles. The van der Waals surface area contributed by atoms with Gasteiger partial charge in [-0.2, -0.15) is 26.3 Å². The molecule has 0 amide bonds. The number of hydrogen-bond donors (Lipinski definition) is 2. The second-order valence-electron chi connectivity index (χ2n) is 5.11. The number of hydrogen-bond acceptors (Lipinski definition) is 1. The zero-order valence-corrected chi connectivity index (χ0v) is 14.4. The largest absolute Gasteiger partial charge is 0.391 e. The van der Waals surface area contributed by atoms with Crippen molar-refractivity contribution in [3.8, 4) is 0 Å². The van der Waals surface area contributed by atoms with E-state index in [0.717, 1.165) is 0 Å². The van der Waals surface area contributed by atoms with Gasteiger partial charge in [0.15, 0.2) is 5.96 Å². The van der Waals surface area contributed by atoms with Crippen LogP contribution in [0.25, 0.3) is 0 Å². The van der Waals surface area contributed by atoms with E-state index in [1.165, 1.54) is 7.05 Å². The van der Waals surface area contributed by atoms with E-state index in [2.05, 4.69) is 15.6 Å². The molecule has 132 valence electrons. The summed E-state index contributed by atoms with van der Waals surface area (Å²) in [4.78, 5) is 3.73. The van der Waals surface area contributed by atoms with Gasteiger partial charge in [0.05, 0.1) is 12.3 Å². The summed E-state index contributed by atoms with van der Waals surface area (Å²) in [6.45, 7) is -0.363. The van der Waals surface area contributed by atoms with Crippen LogP contribution in [0, 0.1) is 5.92 Å². The maximum Gasteiger partial charge on any atom is 0.391 e. The van der Waals surface area contributed by atoms with Crippen LogP contribution in [0.1, 0.15) is 32.1 Å². The molecule has 0 aromatic heterocycles. The summed E-state index contributed by atoms with van der Waals surface area (Å²) < 4.78 is 74.1. The zero-order valence-electron chi connectivity index (χ0n) is 12.0. The minimum absolute atomic E-state index is 0. The first kappa shape index (κ1) is 21.6. The molecule has 1 fully saturated rings. The molecule has 2 unspecified atom stereocenters. The molecular formula is C12H20F6IN3. The summed E-state index contributed by atoms with van der Waals surface area (Å²) in [6.07, 6.45) is -8.53. The van der Waals surface area contributed by atoms with Crippen molar-refractivity contribution in [3.63, 3.8) is 0 Å². The van der Waals surface area contributed by atoms with E-state index < -0.39 is 30.7 Å². The number of guanidine groups is 1. The molecule has 1 aliphatic carbocycles. The maximum atomic E-state index is 12.7. The van der Waals surface area contributed by atoms with Crippen molar-refractivity contribution in [2.75, 3.05) is 13.6 Å². The lowest BCUT2D eigenvalue weighted by Crippen LogP contribution is -2.47. The topological polar surface area (TPSA) is 36.4 Å². The summed E-state index contributed by atoms with van der Waals surface area (Å²) in [6, 6.07) is -0.428. The second-order valence-corrected chi connectivity index (χ2v) is 5.11. The Morgan fingerprint density at radius 2 is 1.77 bits per heavy atom. The molecule has 0 radical (unpaired) electrons. The number of alkyl halides is 6. The molecule has 1 saturated carbocycles. The Kier molecular flexibility index (Phi) is 8.85. The van der Waals surface area contributed by atoms with E-state index in [1.807, 2.05) is 0 Å². The summed E-state index contributed by atoms with van der Waals surface area (Å²) in [5.74, 6) is -1.26. The normalized spacial score (nSPS) is 23.7. The van der Waals surface area contributed by atoms with E-state index in [9.17, 15) is 26.3 Å². The number of rotatable bonds is 3. The van der Waals surface area contributed by atoms with Gasteiger partial charge in [-0.15, -0.1) is 24.0 Å². The highest BCUT2D eigenvalue weighted by Gasteiger charge is 2.42. The lowest BCUT2D eigenvalue weighted by Gasteiger charge is -2.31. The smallest absolute Gasteiger partial charge is 0.356 e. The standard InChI is InChI=1S/C12H19F6N3.HI/c1-19-10(20-6-5-11(13,14)15)21-9-4-2-3-8(7-9)12(16,17)18;/h8-9H,2-7H2,1H3,(H2,19,20,21);1H. The molecule has 0 spiro atoms. The van der Waals surface area contributed by atoms with E-state index in [-0.39, 0.29) is 49.3 Å². The molecule has 3 nitrogen and oxygen atoms in total. The highest BCUT2D eigenvalue weighted by Crippen LogP contribution is 2.37. The van der Waals surface area contributed by atoms with Crippen LogP contribution in [0.3, 0.4) is 0 Å². The number of nitrogens with one attached hydrogen (secondary N) is 2. The van der Waals surface area contributed by atoms with Crippen molar-refractivity contribution in [2.45, 2.75) is 50.5 Å². The molecule has 22 heavy (non-hydrogen) atoms. The van der Waals surface area contributed by atoms with Gasteiger partial charge < -0.3 is 10.6 Å². The summed E-state index contributed by atoms with van der Waals surface area (Å²) >= 11 is 0. The second kappa shape index (κ2) is 9.02. The molecule has 2 atom stereocenters. The average Bonchev–Trinajstić information content (AvgIpc) is 2.35. The molecule has 0 heterocycles. The number of halogens is 7. The van der Waals surface area contributed by atoms with E-state index in [0.29, 0.717) is 12.8 Å². The SMILES string of the molecule is CN=C(NCCC(F)(F)F)NC1CCCC(C(F)(F)F)C1.I. The van der Waals surface area contributed by atoms with Crippen molar-refractivity contribution < 1.29 is 26.3 Å². The van der Waals surface area contributed by atoms with Gasteiger partial charge in [-0.05, 0) is 19.3 Å². The van der Waals surface area contributed by atoms with E-state index in [1.54, 1.807) is 0 Å². The fourth-order valence-electron chi connectivity index (χ4n) is 2.33. The molecule has 0 aromatic rings. The van der Waals surface area contributed by atoms with Gasteiger partial charge in [0, 0.05) is 19.6 Å². The third-order valence-corrected chi connectivity index (χ3v) is 3.40. The lowest BCUT2D eigenvalue weighted by atomic mass is 9.85. The summed E-state index contributed by atoms with van der Waals surface area (Å²) in [5.41, 5.74) is 0. The predicted molar refractivity (Wildman–Crippen MR) is 82.4 cm³/mol. The maximum absolute atomic E-state index is 12.7. The summed E-state index contributed by atoms with van der Waals surface area (Å²) in [7, 11) is 1.37. The van der Waals surface area contributed by atoms with Gasteiger partial charge in [-0.25, -0.2) is 0 Å². The molecule has 1 aliphatic rings. The quantitative estimate of drug-likeness (QED) is 0.299. The van der Waals surface area contributed by atoms with Crippen LogP contribution in [-0.2, 0) is 0 Å². The van der Waals surface area contributed by atoms with Gasteiger partial charge >= 0.3 is 12.4 Å². The Balaban J connectivity index is 0.00000441. The van der Waals surface area contributed by atoms with Crippen LogP contribution in [-0.4, -0.2) is 37.9 Å². The van der Waals surface area contributed by atoms with Crippen molar-refractivity contribution in [1.82, 2.24) is 10.6 Å². The highest BCUT2D eigenvalue weighted by molar-refractivity contribution is 14.0. The first-order valence-corrected chi connectivity index (χ1v) is 6.72. The first-order valence-electron chi connectivity index (χ1n) is 6.72. The van der Waals surface area contributed by atoms with Gasteiger partial charge in [0.2, 0.25) is 0 Å². The highest BCUT2D eigenvalue weighted by atomic mass is 127. The minimum Gasteiger partial charge on any atom is -0.356 e. The number of aliphatic imine (C=N–C) groups is 1. The van der Waals surface area contributed by atoms with Crippen LogP contribution in [0.5, 0.6) is 0 Å². The third-order valence-electron chi connectivity index (χ3n) is 3.40. The van der Waals surface area contributed by atoms with Gasteiger partial charge in [-0.3, -0.25) is 4.99 Å². The minimum atomic E-state index is -4.28. The van der Waals surface area contributed by atoms with Crippen molar-refractivity contribution in [2.24, 2.45) is 10.9 Å². The Bertz CT molecular complexity index is 356. The molecular weight excluding hydrogens is 427 g/mol. The Morgan fingerprint density at radius 1 is 1.14 bits per heavy atom. The first-order chi connectivity index (χ1) is 9.62. The van der Waals surface area contributed by atoms with Crippen LogP contribution in [0.4, 0.5) is 26.3 Å². The average molecular weight is 447 g/mol.